The average molecular weight is 221 g/mol. The van der Waals surface area contributed by atoms with Gasteiger partial charge in [-0.1, -0.05) is 32.9 Å². The summed E-state index contributed by atoms with van der Waals surface area (Å²) in [5, 5.41) is 3.48. The molecule has 0 spiro atoms. The van der Waals surface area contributed by atoms with E-state index in [-0.39, 0.29) is 0 Å². The quantitative estimate of drug-likeness (QED) is 0.793. The zero-order chi connectivity index (χ0) is 12.0. The summed E-state index contributed by atoms with van der Waals surface area (Å²) in [4.78, 5) is 0. The van der Waals surface area contributed by atoms with Gasteiger partial charge in [0.05, 0.1) is 6.61 Å². The monoisotopic (exact) mass is 221 g/mol. The normalized spacial score (nSPS) is 12.8. The minimum atomic E-state index is 0.389. The van der Waals surface area contributed by atoms with Crippen molar-refractivity contribution in [1.29, 1.82) is 0 Å². The molecular formula is C14H23NO. The van der Waals surface area contributed by atoms with E-state index >= 15 is 0 Å². The van der Waals surface area contributed by atoms with E-state index in [1.165, 1.54) is 5.56 Å². The van der Waals surface area contributed by atoms with Crippen LogP contribution in [0.5, 0.6) is 5.75 Å². The second-order valence-electron chi connectivity index (χ2n) is 4.46. The summed E-state index contributed by atoms with van der Waals surface area (Å²) in [7, 11) is 0. The standard InChI is InChI=1S/C14H23NO/c1-5-10-16-14-8-6-13(7-9-14)12(4)15-11(2)3/h6-9,11-12,15H,5,10H2,1-4H3. The van der Waals surface area contributed by atoms with Gasteiger partial charge in [0.1, 0.15) is 5.75 Å². The second kappa shape index (κ2) is 6.54. The lowest BCUT2D eigenvalue weighted by atomic mass is 10.1. The minimum absolute atomic E-state index is 0.389. The molecule has 0 aliphatic rings. The zero-order valence-corrected chi connectivity index (χ0v) is 10.8. The van der Waals surface area contributed by atoms with Gasteiger partial charge in [0.2, 0.25) is 0 Å². The fourth-order valence-electron chi connectivity index (χ4n) is 1.67. The van der Waals surface area contributed by atoms with Crippen molar-refractivity contribution in [3.63, 3.8) is 0 Å². The molecule has 1 atom stereocenters. The predicted octanol–water partition coefficient (Wildman–Crippen LogP) is 3.53. The molecule has 2 heteroatoms. The minimum Gasteiger partial charge on any atom is -0.494 e. The third-order valence-electron chi connectivity index (χ3n) is 2.44. The van der Waals surface area contributed by atoms with Gasteiger partial charge in [-0.3, -0.25) is 0 Å². The average Bonchev–Trinajstić information content (AvgIpc) is 2.26. The first-order valence-electron chi connectivity index (χ1n) is 6.12. The molecule has 0 aliphatic carbocycles. The highest BCUT2D eigenvalue weighted by Crippen LogP contribution is 2.18. The number of ether oxygens (including phenoxy) is 1. The molecule has 0 heterocycles. The maximum atomic E-state index is 5.55. The summed E-state index contributed by atoms with van der Waals surface area (Å²) < 4.78 is 5.55. The first-order valence-corrected chi connectivity index (χ1v) is 6.12. The Bertz CT molecular complexity index is 292. The van der Waals surface area contributed by atoms with Crippen LogP contribution >= 0.6 is 0 Å². The SMILES string of the molecule is CCCOc1ccc(C(C)NC(C)C)cc1. The predicted molar refractivity (Wildman–Crippen MR) is 68.9 cm³/mol. The topological polar surface area (TPSA) is 21.3 Å². The Morgan fingerprint density at radius 3 is 2.25 bits per heavy atom. The van der Waals surface area contributed by atoms with Crippen LogP contribution in [0.1, 0.15) is 45.7 Å². The largest absolute Gasteiger partial charge is 0.494 e. The molecular weight excluding hydrogens is 198 g/mol. The van der Waals surface area contributed by atoms with Gasteiger partial charge in [-0.05, 0) is 31.0 Å². The molecule has 2 nitrogen and oxygen atoms in total. The lowest BCUT2D eigenvalue weighted by Crippen LogP contribution is -2.25. The smallest absolute Gasteiger partial charge is 0.119 e. The van der Waals surface area contributed by atoms with Crippen molar-refractivity contribution < 1.29 is 4.74 Å². The van der Waals surface area contributed by atoms with Gasteiger partial charge in [0.25, 0.3) is 0 Å². The summed E-state index contributed by atoms with van der Waals surface area (Å²) in [5.74, 6) is 0.961. The Morgan fingerprint density at radius 2 is 1.75 bits per heavy atom. The van der Waals surface area contributed by atoms with Crippen molar-refractivity contribution in [1.82, 2.24) is 5.32 Å². The summed E-state index contributed by atoms with van der Waals surface area (Å²) >= 11 is 0. The second-order valence-corrected chi connectivity index (χ2v) is 4.46. The maximum Gasteiger partial charge on any atom is 0.119 e. The first kappa shape index (κ1) is 13.0. The van der Waals surface area contributed by atoms with Gasteiger partial charge >= 0.3 is 0 Å². The lowest BCUT2D eigenvalue weighted by molar-refractivity contribution is 0.317. The number of hydrogen-bond donors (Lipinski definition) is 1. The van der Waals surface area contributed by atoms with Gasteiger partial charge in [-0.15, -0.1) is 0 Å². The van der Waals surface area contributed by atoms with E-state index in [1.807, 2.05) is 12.1 Å². The van der Waals surface area contributed by atoms with E-state index in [4.69, 9.17) is 4.74 Å². The summed E-state index contributed by atoms with van der Waals surface area (Å²) in [5.41, 5.74) is 1.30. The van der Waals surface area contributed by atoms with E-state index < -0.39 is 0 Å². The van der Waals surface area contributed by atoms with Crippen molar-refractivity contribution >= 4 is 0 Å². The molecule has 16 heavy (non-hydrogen) atoms. The van der Waals surface area contributed by atoms with E-state index in [0.717, 1.165) is 18.8 Å². The van der Waals surface area contributed by atoms with Crippen molar-refractivity contribution in [3.8, 4) is 5.75 Å². The van der Waals surface area contributed by atoms with Crippen molar-refractivity contribution in [3.05, 3.63) is 29.8 Å². The summed E-state index contributed by atoms with van der Waals surface area (Å²) in [6.07, 6.45) is 1.05. The maximum absolute atomic E-state index is 5.55. The highest BCUT2D eigenvalue weighted by Gasteiger charge is 2.06. The van der Waals surface area contributed by atoms with Crippen LogP contribution in [0.2, 0.25) is 0 Å². The van der Waals surface area contributed by atoms with Crippen molar-refractivity contribution in [2.45, 2.75) is 46.2 Å². The molecule has 0 aromatic heterocycles. The van der Waals surface area contributed by atoms with Crippen LogP contribution in [0.15, 0.2) is 24.3 Å². The van der Waals surface area contributed by atoms with Gasteiger partial charge in [-0.2, -0.15) is 0 Å². The molecule has 1 aromatic carbocycles. The number of benzene rings is 1. The van der Waals surface area contributed by atoms with Gasteiger partial charge in [0.15, 0.2) is 0 Å². The van der Waals surface area contributed by atoms with Crippen LogP contribution in [-0.2, 0) is 0 Å². The number of nitrogens with one attached hydrogen (secondary N) is 1. The molecule has 0 saturated carbocycles. The molecule has 1 unspecified atom stereocenters. The van der Waals surface area contributed by atoms with Crippen LogP contribution in [0.3, 0.4) is 0 Å². The zero-order valence-electron chi connectivity index (χ0n) is 10.8. The Morgan fingerprint density at radius 1 is 1.12 bits per heavy atom. The van der Waals surface area contributed by atoms with E-state index in [9.17, 15) is 0 Å². The van der Waals surface area contributed by atoms with Gasteiger partial charge in [-0.25, -0.2) is 0 Å². The molecule has 1 rings (SSSR count). The lowest BCUT2D eigenvalue weighted by Gasteiger charge is -2.17. The van der Waals surface area contributed by atoms with Crippen LogP contribution in [0.4, 0.5) is 0 Å². The van der Waals surface area contributed by atoms with Gasteiger partial charge < -0.3 is 10.1 Å². The third-order valence-corrected chi connectivity index (χ3v) is 2.44. The molecule has 90 valence electrons. The highest BCUT2D eigenvalue weighted by molar-refractivity contribution is 5.28. The molecule has 0 amide bonds. The van der Waals surface area contributed by atoms with Crippen LogP contribution in [0, 0.1) is 0 Å². The third kappa shape index (κ3) is 4.23. The fraction of sp³-hybridized carbons (Fsp3) is 0.571. The Balaban J connectivity index is 2.56. The summed E-state index contributed by atoms with van der Waals surface area (Å²) in [6.45, 7) is 9.41. The van der Waals surface area contributed by atoms with E-state index in [0.29, 0.717) is 12.1 Å². The van der Waals surface area contributed by atoms with Crippen molar-refractivity contribution in [2.24, 2.45) is 0 Å². The fourth-order valence-corrected chi connectivity index (χ4v) is 1.67. The molecule has 0 aliphatic heterocycles. The van der Waals surface area contributed by atoms with Crippen LogP contribution < -0.4 is 10.1 Å². The molecule has 1 N–H and O–H groups in total. The molecule has 0 saturated heterocycles. The van der Waals surface area contributed by atoms with Crippen molar-refractivity contribution in [2.75, 3.05) is 6.61 Å². The Labute approximate surface area is 99.0 Å². The first-order chi connectivity index (χ1) is 7.63. The Kier molecular flexibility index (Phi) is 5.33. The van der Waals surface area contributed by atoms with Crippen LogP contribution in [-0.4, -0.2) is 12.6 Å². The molecule has 0 radical (unpaired) electrons. The van der Waals surface area contributed by atoms with Crippen LogP contribution in [0.25, 0.3) is 0 Å². The molecule has 0 bridgehead atoms. The summed E-state index contributed by atoms with van der Waals surface area (Å²) in [6, 6.07) is 9.24. The van der Waals surface area contributed by atoms with Gasteiger partial charge in [0, 0.05) is 12.1 Å². The molecule has 1 aromatic rings. The van der Waals surface area contributed by atoms with E-state index in [1.54, 1.807) is 0 Å². The molecule has 0 fully saturated rings. The highest BCUT2D eigenvalue weighted by atomic mass is 16.5. The number of hydrogen-bond acceptors (Lipinski definition) is 2. The Hall–Kier alpha value is -1.02. The number of rotatable bonds is 6. The van der Waals surface area contributed by atoms with E-state index in [2.05, 4.69) is 45.1 Å².